The standard InChI is InChI=1S/C21H27NO/c1-23-21-14-12-20(13-15-21)22(16-18-8-4-2-5-9-18)17-19-10-6-3-7-11-19/h2-11,20-21H,12-17H2,1H3/i1D3. The molecule has 0 radical (unpaired) electrons. The molecule has 0 amide bonds. The van der Waals surface area contributed by atoms with Gasteiger partial charge < -0.3 is 4.74 Å². The minimum Gasteiger partial charge on any atom is -0.381 e. The Labute approximate surface area is 144 Å². The summed E-state index contributed by atoms with van der Waals surface area (Å²) >= 11 is 0. The maximum Gasteiger partial charge on any atom is 0.0572 e. The van der Waals surface area contributed by atoms with E-state index in [4.69, 9.17) is 8.85 Å². The van der Waals surface area contributed by atoms with E-state index >= 15 is 0 Å². The molecule has 0 heterocycles. The first-order valence-corrected chi connectivity index (χ1v) is 8.49. The Morgan fingerprint density at radius 2 is 1.39 bits per heavy atom. The summed E-state index contributed by atoms with van der Waals surface area (Å²) < 4.78 is 27.1. The summed E-state index contributed by atoms with van der Waals surface area (Å²) in [4.78, 5) is 2.52. The van der Waals surface area contributed by atoms with Crippen LogP contribution in [0.2, 0.25) is 0 Å². The van der Waals surface area contributed by atoms with Crippen molar-refractivity contribution in [1.82, 2.24) is 4.90 Å². The number of methoxy groups -OCH3 is 1. The smallest absolute Gasteiger partial charge is 0.0572 e. The lowest BCUT2D eigenvalue weighted by molar-refractivity contribution is 0.0341. The summed E-state index contributed by atoms with van der Waals surface area (Å²) in [6.45, 7) is 1.82. The fourth-order valence-corrected chi connectivity index (χ4v) is 3.48. The van der Waals surface area contributed by atoms with Gasteiger partial charge in [-0.2, -0.15) is 0 Å². The molecule has 0 spiro atoms. The van der Waals surface area contributed by atoms with Crippen LogP contribution in [0, 0.1) is 0 Å². The molecule has 1 fully saturated rings. The third-order valence-electron chi connectivity index (χ3n) is 4.78. The van der Waals surface area contributed by atoms with Crippen molar-refractivity contribution in [3.05, 3.63) is 71.8 Å². The van der Waals surface area contributed by atoms with Crippen LogP contribution in [0.5, 0.6) is 0 Å². The SMILES string of the molecule is [2H]C([2H])([2H])OC1CCC(N(Cc2ccccc2)Cc2ccccc2)CC1. The van der Waals surface area contributed by atoms with Gasteiger partial charge in [-0.3, -0.25) is 4.90 Å². The van der Waals surface area contributed by atoms with Gasteiger partial charge >= 0.3 is 0 Å². The van der Waals surface area contributed by atoms with Crippen molar-refractivity contribution in [3.8, 4) is 0 Å². The normalized spacial score (nSPS) is 24.0. The van der Waals surface area contributed by atoms with Crippen molar-refractivity contribution < 1.29 is 8.85 Å². The number of nitrogens with zero attached hydrogens (tertiary/aromatic N) is 1. The number of rotatable bonds is 6. The Morgan fingerprint density at radius 3 is 1.87 bits per heavy atom. The van der Waals surface area contributed by atoms with E-state index in [9.17, 15) is 0 Å². The average molecular weight is 312 g/mol. The van der Waals surface area contributed by atoms with Gasteiger partial charge in [-0.05, 0) is 36.8 Å². The maximum atomic E-state index is 7.30. The quantitative estimate of drug-likeness (QED) is 0.770. The van der Waals surface area contributed by atoms with E-state index in [2.05, 4.69) is 53.4 Å². The Morgan fingerprint density at radius 1 is 0.870 bits per heavy atom. The minimum absolute atomic E-state index is 0.144. The molecule has 1 aliphatic carbocycles. The van der Waals surface area contributed by atoms with Gasteiger partial charge in [-0.25, -0.2) is 0 Å². The topological polar surface area (TPSA) is 12.5 Å². The predicted octanol–water partition coefficient (Wildman–Crippen LogP) is 4.65. The molecule has 0 N–H and O–H groups in total. The third kappa shape index (κ3) is 4.66. The van der Waals surface area contributed by atoms with Gasteiger partial charge in [0.2, 0.25) is 0 Å². The van der Waals surface area contributed by atoms with Crippen molar-refractivity contribution in [1.29, 1.82) is 0 Å². The number of hydrogen-bond donors (Lipinski definition) is 0. The molecule has 2 heteroatoms. The van der Waals surface area contributed by atoms with Gasteiger partial charge in [0.25, 0.3) is 0 Å². The number of benzene rings is 2. The van der Waals surface area contributed by atoms with Crippen molar-refractivity contribution in [2.75, 3.05) is 7.04 Å². The fourth-order valence-electron chi connectivity index (χ4n) is 3.48. The van der Waals surface area contributed by atoms with Crippen molar-refractivity contribution in [3.63, 3.8) is 0 Å². The lowest BCUT2D eigenvalue weighted by atomic mass is 9.91. The van der Waals surface area contributed by atoms with Gasteiger partial charge in [-0.1, -0.05) is 60.7 Å². The van der Waals surface area contributed by atoms with Crippen molar-refractivity contribution in [2.24, 2.45) is 0 Å². The summed E-state index contributed by atoms with van der Waals surface area (Å²) in [6.07, 6.45) is 3.42. The highest BCUT2D eigenvalue weighted by atomic mass is 16.5. The zero-order chi connectivity index (χ0) is 18.4. The first kappa shape index (κ1) is 12.7. The first-order valence-electron chi connectivity index (χ1n) is 9.99. The molecule has 0 atom stereocenters. The molecule has 1 saturated carbocycles. The van der Waals surface area contributed by atoms with Gasteiger partial charge in [0.1, 0.15) is 0 Å². The fraction of sp³-hybridized carbons (Fsp3) is 0.429. The summed E-state index contributed by atoms with van der Waals surface area (Å²) in [5.74, 6) is 0. The van der Waals surface area contributed by atoms with Crippen LogP contribution in [0.15, 0.2) is 60.7 Å². The minimum atomic E-state index is -2.29. The van der Waals surface area contributed by atoms with Crippen LogP contribution in [-0.4, -0.2) is 24.1 Å². The Kier molecular flexibility index (Phi) is 4.59. The lowest BCUT2D eigenvalue weighted by Gasteiger charge is -2.36. The van der Waals surface area contributed by atoms with Gasteiger partial charge in [0.05, 0.1) is 10.2 Å². The van der Waals surface area contributed by atoms with E-state index in [-0.39, 0.29) is 6.10 Å². The largest absolute Gasteiger partial charge is 0.381 e. The molecule has 0 aliphatic heterocycles. The molecule has 23 heavy (non-hydrogen) atoms. The monoisotopic (exact) mass is 312 g/mol. The van der Waals surface area contributed by atoms with Crippen molar-refractivity contribution >= 4 is 0 Å². The molecule has 0 bridgehead atoms. The average Bonchev–Trinajstić information content (AvgIpc) is 2.62. The summed E-state index contributed by atoms with van der Waals surface area (Å²) in [7, 11) is -2.29. The molecular formula is C21H27NO. The van der Waals surface area contributed by atoms with Crippen LogP contribution in [0.4, 0.5) is 0 Å². The molecule has 0 aromatic heterocycles. The van der Waals surface area contributed by atoms with E-state index in [1.807, 2.05) is 12.1 Å². The van der Waals surface area contributed by atoms with Crippen LogP contribution >= 0.6 is 0 Å². The van der Waals surface area contributed by atoms with E-state index < -0.39 is 7.04 Å². The van der Waals surface area contributed by atoms with Crippen LogP contribution < -0.4 is 0 Å². The van der Waals surface area contributed by atoms with Crippen LogP contribution in [0.3, 0.4) is 0 Å². The Bertz CT molecular complexity index is 610. The van der Waals surface area contributed by atoms with E-state index in [1.54, 1.807) is 0 Å². The second-order valence-electron chi connectivity index (χ2n) is 6.42. The highest BCUT2D eigenvalue weighted by molar-refractivity contribution is 5.17. The van der Waals surface area contributed by atoms with Crippen LogP contribution in [-0.2, 0) is 17.8 Å². The zero-order valence-electron chi connectivity index (χ0n) is 16.5. The molecule has 0 unspecified atom stereocenters. The number of hydrogen-bond acceptors (Lipinski definition) is 2. The van der Waals surface area contributed by atoms with Crippen LogP contribution in [0.25, 0.3) is 0 Å². The zero-order valence-corrected chi connectivity index (χ0v) is 13.5. The molecule has 3 rings (SSSR count). The van der Waals surface area contributed by atoms with Gasteiger partial charge in [-0.15, -0.1) is 0 Å². The number of ether oxygens (including phenoxy) is 1. The molecule has 122 valence electrons. The molecule has 0 saturated heterocycles. The highest BCUT2D eigenvalue weighted by Crippen LogP contribution is 2.27. The van der Waals surface area contributed by atoms with Crippen LogP contribution in [0.1, 0.15) is 40.9 Å². The summed E-state index contributed by atoms with van der Waals surface area (Å²) in [5, 5.41) is 0. The summed E-state index contributed by atoms with van der Waals surface area (Å²) in [5.41, 5.74) is 2.62. The molecule has 2 nitrogen and oxygen atoms in total. The van der Waals surface area contributed by atoms with E-state index in [0.717, 1.165) is 38.8 Å². The molecular weight excluding hydrogens is 282 g/mol. The molecule has 1 aliphatic rings. The second-order valence-corrected chi connectivity index (χ2v) is 6.42. The second kappa shape index (κ2) is 8.28. The lowest BCUT2D eigenvalue weighted by Crippen LogP contribution is -2.38. The van der Waals surface area contributed by atoms with Gasteiger partial charge in [0, 0.05) is 26.2 Å². The molecule has 2 aromatic rings. The predicted molar refractivity (Wildman–Crippen MR) is 95.2 cm³/mol. The highest BCUT2D eigenvalue weighted by Gasteiger charge is 2.25. The third-order valence-corrected chi connectivity index (χ3v) is 4.78. The summed E-state index contributed by atoms with van der Waals surface area (Å²) in [6, 6.07) is 21.5. The Hall–Kier alpha value is -1.64. The maximum absolute atomic E-state index is 7.30. The molecule has 2 aromatic carbocycles. The van der Waals surface area contributed by atoms with E-state index in [1.165, 1.54) is 11.1 Å². The van der Waals surface area contributed by atoms with Gasteiger partial charge in [0.15, 0.2) is 0 Å². The first-order chi connectivity index (χ1) is 12.5. The van der Waals surface area contributed by atoms with E-state index in [0.29, 0.717) is 6.04 Å². The Balaban J connectivity index is 1.65. The van der Waals surface area contributed by atoms with Crippen molar-refractivity contribution in [2.45, 2.75) is 50.9 Å².